The van der Waals surface area contributed by atoms with Crippen LogP contribution in [-0.4, -0.2) is 48.8 Å². The lowest BCUT2D eigenvalue weighted by Gasteiger charge is -2.29. The molecular formula is C12H16BrNO3S. The largest absolute Gasteiger partial charge is 0.481 e. The van der Waals surface area contributed by atoms with Crippen LogP contribution in [0.4, 0.5) is 0 Å². The first-order valence-corrected chi connectivity index (χ1v) is 7.53. The Morgan fingerprint density at radius 3 is 2.78 bits per heavy atom. The van der Waals surface area contributed by atoms with Crippen molar-refractivity contribution < 1.29 is 14.6 Å². The van der Waals surface area contributed by atoms with Crippen molar-refractivity contribution in [1.29, 1.82) is 0 Å². The van der Waals surface area contributed by atoms with Crippen molar-refractivity contribution in [3.8, 4) is 0 Å². The summed E-state index contributed by atoms with van der Waals surface area (Å²) < 4.78 is 6.36. The zero-order valence-electron chi connectivity index (χ0n) is 9.97. The summed E-state index contributed by atoms with van der Waals surface area (Å²) in [5, 5.41) is 9.03. The van der Waals surface area contributed by atoms with Gasteiger partial charge in [-0.2, -0.15) is 0 Å². The van der Waals surface area contributed by atoms with E-state index in [1.54, 1.807) is 11.3 Å². The molecule has 1 N–H and O–H groups in total. The highest BCUT2D eigenvalue weighted by Gasteiger charge is 2.22. The monoisotopic (exact) mass is 333 g/mol. The number of ether oxygens (including phenoxy) is 1. The van der Waals surface area contributed by atoms with Crippen LogP contribution >= 0.6 is 27.3 Å². The van der Waals surface area contributed by atoms with Gasteiger partial charge in [0, 0.05) is 30.4 Å². The predicted molar refractivity (Wildman–Crippen MR) is 74.3 cm³/mol. The van der Waals surface area contributed by atoms with Crippen LogP contribution < -0.4 is 0 Å². The van der Waals surface area contributed by atoms with Gasteiger partial charge < -0.3 is 9.84 Å². The zero-order chi connectivity index (χ0) is 13.0. The number of hydrogen-bond acceptors (Lipinski definition) is 4. The summed E-state index contributed by atoms with van der Waals surface area (Å²) in [7, 11) is 0. The summed E-state index contributed by atoms with van der Waals surface area (Å²) in [5.74, 6) is -0.672. The molecule has 1 aromatic heterocycles. The summed E-state index contributed by atoms with van der Waals surface area (Å²) in [6.07, 6.45) is 0.185. The molecule has 2 heterocycles. The second kappa shape index (κ2) is 6.65. The maximum Gasteiger partial charge on any atom is 0.304 e. The topological polar surface area (TPSA) is 49.8 Å². The average molecular weight is 334 g/mol. The Morgan fingerprint density at radius 2 is 2.22 bits per heavy atom. The van der Waals surface area contributed by atoms with E-state index in [1.807, 2.05) is 12.1 Å². The lowest BCUT2D eigenvalue weighted by molar-refractivity contribution is -0.137. The van der Waals surface area contributed by atoms with E-state index in [4.69, 9.17) is 9.84 Å². The fraction of sp³-hybridized carbons (Fsp3) is 0.583. The highest BCUT2D eigenvalue weighted by Crippen LogP contribution is 2.31. The van der Waals surface area contributed by atoms with Crippen LogP contribution in [0.3, 0.4) is 0 Å². The van der Waals surface area contributed by atoms with Gasteiger partial charge in [0.15, 0.2) is 0 Å². The Bertz CT molecular complexity index is 404. The maximum atomic E-state index is 11.0. The third kappa shape index (κ3) is 4.05. The van der Waals surface area contributed by atoms with E-state index in [9.17, 15) is 4.79 Å². The lowest BCUT2D eigenvalue weighted by Crippen LogP contribution is -2.39. The van der Waals surface area contributed by atoms with Crippen LogP contribution in [0.2, 0.25) is 0 Å². The van der Waals surface area contributed by atoms with Gasteiger partial charge in [-0.05, 0) is 28.1 Å². The second-order valence-electron chi connectivity index (χ2n) is 4.35. The second-order valence-corrected chi connectivity index (χ2v) is 6.84. The summed E-state index contributed by atoms with van der Waals surface area (Å²) >= 11 is 5.05. The molecule has 0 radical (unpaired) electrons. The predicted octanol–water partition coefficient (Wildman–Crippen LogP) is 2.40. The normalized spacial score (nSPS) is 18.7. The molecule has 1 aromatic rings. The van der Waals surface area contributed by atoms with Crippen LogP contribution in [0.15, 0.2) is 15.9 Å². The van der Waals surface area contributed by atoms with Gasteiger partial charge >= 0.3 is 5.97 Å². The van der Waals surface area contributed by atoms with Crippen molar-refractivity contribution >= 4 is 33.2 Å². The van der Waals surface area contributed by atoms with Crippen molar-refractivity contribution in [2.24, 2.45) is 0 Å². The van der Waals surface area contributed by atoms with Crippen molar-refractivity contribution in [2.45, 2.75) is 12.3 Å². The molecule has 2 rings (SSSR count). The first kappa shape index (κ1) is 14.0. The number of thiophene rings is 1. The Morgan fingerprint density at radius 1 is 1.50 bits per heavy atom. The molecule has 0 saturated carbocycles. The molecule has 1 unspecified atom stereocenters. The molecular weight excluding hydrogens is 318 g/mol. The number of carboxylic acid groups (broad SMARTS) is 1. The highest BCUT2D eigenvalue weighted by atomic mass is 79.9. The smallest absolute Gasteiger partial charge is 0.304 e. The first-order valence-electron chi connectivity index (χ1n) is 5.92. The molecule has 1 fully saturated rings. The van der Waals surface area contributed by atoms with Gasteiger partial charge in [-0.1, -0.05) is 0 Å². The summed E-state index contributed by atoms with van der Waals surface area (Å²) in [5.41, 5.74) is 0. The van der Waals surface area contributed by atoms with E-state index in [-0.39, 0.29) is 12.3 Å². The molecule has 0 aliphatic carbocycles. The third-order valence-corrected chi connectivity index (χ3v) is 4.79. The molecule has 0 bridgehead atoms. The van der Waals surface area contributed by atoms with E-state index in [1.165, 1.54) is 0 Å². The molecule has 1 atom stereocenters. The standard InChI is InChI=1S/C12H16BrNO3S/c13-11-2-1-10(18-11)9(7-12(15)16)8-14-3-5-17-6-4-14/h1-2,9H,3-8H2,(H,15,16). The minimum absolute atomic E-state index is 0.0666. The number of rotatable bonds is 5. The van der Waals surface area contributed by atoms with Crippen LogP contribution in [0.5, 0.6) is 0 Å². The zero-order valence-corrected chi connectivity index (χ0v) is 12.4. The lowest BCUT2D eigenvalue weighted by atomic mass is 10.0. The number of nitrogens with zero attached hydrogens (tertiary/aromatic N) is 1. The first-order chi connectivity index (χ1) is 8.65. The van der Waals surface area contributed by atoms with Crippen LogP contribution in [0.1, 0.15) is 17.2 Å². The molecule has 4 nitrogen and oxygen atoms in total. The average Bonchev–Trinajstić information content (AvgIpc) is 2.76. The van der Waals surface area contributed by atoms with Gasteiger partial charge in [-0.25, -0.2) is 0 Å². The number of carboxylic acids is 1. The van der Waals surface area contributed by atoms with E-state index in [0.29, 0.717) is 0 Å². The van der Waals surface area contributed by atoms with Gasteiger partial charge in [-0.15, -0.1) is 11.3 Å². The van der Waals surface area contributed by atoms with Crippen molar-refractivity contribution in [3.05, 3.63) is 20.8 Å². The van der Waals surface area contributed by atoms with Gasteiger partial charge in [0.05, 0.1) is 23.4 Å². The third-order valence-electron chi connectivity index (χ3n) is 3.00. The molecule has 18 heavy (non-hydrogen) atoms. The van der Waals surface area contributed by atoms with E-state index in [2.05, 4.69) is 20.8 Å². The molecule has 1 aliphatic rings. The fourth-order valence-electron chi connectivity index (χ4n) is 2.11. The summed E-state index contributed by atoms with van der Waals surface area (Å²) in [6.45, 7) is 4.07. The molecule has 1 saturated heterocycles. The Labute approximate surface area is 119 Å². The van der Waals surface area contributed by atoms with Crippen molar-refractivity contribution in [3.63, 3.8) is 0 Å². The number of carbonyl (C=O) groups is 1. The van der Waals surface area contributed by atoms with Gasteiger partial charge in [0.2, 0.25) is 0 Å². The molecule has 0 aromatic carbocycles. The van der Waals surface area contributed by atoms with Gasteiger partial charge in [0.25, 0.3) is 0 Å². The molecule has 6 heteroatoms. The SMILES string of the molecule is O=C(O)CC(CN1CCOCC1)c1ccc(Br)s1. The molecule has 1 aliphatic heterocycles. The van der Waals surface area contributed by atoms with E-state index in [0.717, 1.165) is 41.5 Å². The van der Waals surface area contributed by atoms with Crippen LogP contribution in [-0.2, 0) is 9.53 Å². The molecule has 0 spiro atoms. The quantitative estimate of drug-likeness (QED) is 0.898. The van der Waals surface area contributed by atoms with E-state index < -0.39 is 5.97 Å². The number of halogens is 1. The Hall–Kier alpha value is -0.430. The Kier molecular flexibility index (Phi) is 5.17. The maximum absolute atomic E-state index is 11.0. The number of aliphatic carboxylic acids is 1. The van der Waals surface area contributed by atoms with Crippen molar-refractivity contribution in [1.82, 2.24) is 4.90 Å². The van der Waals surface area contributed by atoms with E-state index >= 15 is 0 Å². The minimum Gasteiger partial charge on any atom is -0.481 e. The molecule has 100 valence electrons. The Balaban J connectivity index is 2.02. The summed E-state index contributed by atoms with van der Waals surface area (Å²) in [4.78, 5) is 14.4. The minimum atomic E-state index is -0.738. The number of morpholine rings is 1. The molecule has 0 amide bonds. The van der Waals surface area contributed by atoms with Crippen LogP contribution in [0, 0.1) is 0 Å². The van der Waals surface area contributed by atoms with Crippen molar-refractivity contribution in [2.75, 3.05) is 32.8 Å². The van der Waals surface area contributed by atoms with Gasteiger partial charge in [-0.3, -0.25) is 9.69 Å². The van der Waals surface area contributed by atoms with Gasteiger partial charge in [0.1, 0.15) is 0 Å². The number of hydrogen-bond donors (Lipinski definition) is 1. The highest BCUT2D eigenvalue weighted by molar-refractivity contribution is 9.11. The van der Waals surface area contributed by atoms with Crippen LogP contribution in [0.25, 0.3) is 0 Å². The fourth-order valence-corrected chi connectivity index (χ4v) is 3.62. The summed E-state index contributed by atoms with van der Waals surface area (Å²) in [6, 6.07) is 4.00.